The molecule has 1 aromatic carbocycles. The van der Waals surface area contributed by atoms with E-state index in [0.717, 1.165) is 0 Å². The lowest BCUT2D eigenvalue weighted by Gasteiger charge is -2.24. The molecule has 6 atom stereocenters. The van der Waals surface area contributed by atoms with Crippen molar-refractivity contribution in [3.8, 4) is 17.6 Å². The van der Waals surface area contributed by atoms with Crippen molar-refractivity contribution in [1.29, 1.82) is 5.26 Å². The lowest BCUT2D eigenvalue weighted by Crippen LogP contribution is -2.41. The van der Waals surface area contributed by atoms with Crippen molar-refractivity contribution in [3.63, 3.8) is 0 Å². The smallest absolute Gasteiger partial charge is 0.395 e. The highest BCUT2D eigenvalue weighted by Gasteiger charge is 2.57. The molecule has 3 aromatic rings. The number of nitrogens with two attached hydrogens (primary N) is 1. The van der Waals surface area contributed by atoms with Crippen LogP contribution < -0.4 is 19.9 Å². The van der Waals surface area contributed by atoms with Gasteiger partial charge in [0.25, 0.3) is 0 Å². The van der Waals surface area contributed by atoms with Crippen molar-refractivity contribution in [1.82, 2.24) is 14.6 Å². The summed E-state index contributed by atoms with van der Waals surface area (Å²) in [5.74, 6) is -0.304. The first-order valence-electron chi connectivity index (χ1n) is 11.9. The van der Waals surface area contributed by atoms with Crippen molar-refractivity contribution in [2.45, 2.75) is 56.8 Å². The van der Waals surface area contributed by atoms with Crippen molar-refractivity contribution in [2.75, 3.05) is 12.3 Å². The van der Waals surface area contributed by atoms with E-state index in [9.17, 15) is 25.2 Å². The number of esters is 1. The van der Waals surface area contributed by atoms with Gasteiger partial charge in [-0.25, -0.2) is 14.3 Å². The normalized spacial score (nSPS) is 23.9. The molecule has 39 heavy (non-hydrogen) atoms. The summed E-state index contributed by atoms with van der Waals surface area (Å²) in [6.45, 7) is 4.49. The summed E-state index contributed by atoms with van der Waals surface area (Å²) >= 11 is 0. The minimum absolute atomic E-state index is 0.0520. The number of carbonyl (C=O) groups excluding carboxylic acids is 1. The number of nitriles is 1. The third-order valence-corrected chi connectivity index (χ3v) is 6.76. The number of nitrogen functional groups attached to an aromatic ring is 1. The van der Waals surface area contributed by atoms with E-state index >= 15 is 0 Å². The van der Waals surface area contributed by atoms with Crippen LogP contribution in [0, 0.1) is 11.3 Å². The SMILES string of the molecule is CC(C)OC(=O)[C@H](C)N=[P+]([O-])Oc1ccccc1OC[C@H]1O[C@@](C#N)(c2ccc3c(N)ncnn23)[C@H](O)[C@H]1O. The molecule has 4 N–H and O–H groups in total. The molecule has 0 aliphatic carbocycles. The molecule has 0 radical (unpaired) electrons. The summed E-state index contributed by atoms with van der Waals surface area (Å²) in [5.41, 5.74) is 4.43. The zero-order valence-electron chi connectivity index (χ0n) is 21.2. The van der Waals surface area contributed by atoms with Crippen LogP contribution in [0.15, 0.2) is 47.5 Å². The number of hydrogen-bond acceptors (Lipinski definition) is 13. The molecular weight excluding hydrogens is 531 g/mol. The number of para-hydroxylation sites is 2. The predicted molar refractivity (Wildman–Crippen MR) is 134 cm³/mol. The summed E-state index contributed by atoms with van der Waals surface area (Å²) in [6, 6.07) is 10.2. The number of anilines is 1. The molecule has 1 aliphatic heterocycles. The molecule has 0 bridgehead atoms. The number of ether oxygens (including phenoxy) is 3. The Hall–Kier alpha value is -3.86. The Morgan fingerprint density at radius 2 is 2.03 bits per heavy atom. The van der Waals surface area contributed by atoms with Crippen molar-refractivity contribution < 1.29 is 38.6 Å². The zero-order valence-corrected chi connectivity index (χ0v) is 22.1. The molecule has 3 heterocycles. The Kier molecular flexibility index (Phi) is 8.29. The van der Waals surface area contributed by atoms with E-state index in [1.807, 2.05) is 6.07 Å². The Morgan fingerprint density at radius 3 is 2.72 bits per heavy atom. The maximum atomic E-state index is 12.4. The van der Waals surface area contributed by atoms with Gasteiger partial charge < -0.3 is 35.1 Å². The van der Waals surface area contributed by atoms with E-state index in [2.05, 4.69) is 14.8 Å². The number of hydrogen-bond donors (Lipinski definition) is 3. The highest BCUT2D eigenvalue weighted by molar-refractivity contribution is 7.34. The first kappa shape index (κ1) is 28.2. The van der Waals surface area contributed by atoms with E-state index in [1.54, 1.807) is 32.0 Å². The zero-order chi connectivity index (χ0) is 28.3. The number of nitrogens with zero attached hydrogens (tertiary/aromatic N) is 5. The Bertz CT molecular complexity index is 1430. The van der Waals surface area contributed by atoms with Gasteiger partial charge in [-0.2, -0.15) is 10.4 Å². The Balaban J connectivity index is 1.50. The maximum absolute atomic E-state index is 12.4. The summed E-state index contributed by atoms with van der Waals surface area (Å²) in [6.07, 6.45) is -3.48. The molecule has 0 spiro atoms. The average molecular weight is 558 g/mol. The number of aliphatic hydroxyl groups excluding tert-OH is 2. The van der Waals surface area contributed by atoms with Gasteiger partial charge in [0.05, 0.1) is 11.8 Å². The molecular formula is C24H27N6O8P. The second-order valence-electron chi connectivity index (χ2n) is 8.96. The minimum Gasteiger partial charge on any atom is -0.575 e. The van der Waals surface area contributed by atoms with Gasteiger partial charge in [-0.1, -0.05) is 16.9 Å². The third-order valence-electron chi connectivity index (χ3n) is 5.88. The summed E-state index contributed by atoms with van der Waals surface area (Å²) in [5, 5.41) is 35.8. The number of fused-ring (bicyclic) bond motifs is 1. The molecule has 14 nitrogen and oxygen atoms in total. The third kappa shape index (κ3) is 5.63. The highest BCUT2D eigenvalue weighted by atomic mass is 31.1. The fourth-order valence-electron chi connectivity index (χ4n) is 3.99. The number of rotatable bonds is 9. The van der Waals surface area contributed by atoms with Gasteiger partial charge in [0.15, 0.2) is 17.6 Å². The van der Waals surface area contributed by atoms with Crippen molar-refractivity contribution >= 4 is 25.5 Å². The molecule has 4 rings (SSSR count). The fraction of sp³-hybridized carbons (Fsp3) is 0.417. The first-order chi connectivity index (χ1) is 18.6. The molecule has 1 fully saturated rings. The van der Waals surface area contributed by atoms with E-state index in [-0.39, 0.29) is 35.7 Å². The monoisotopic (exact) mass is 558 g/mol. The van der Waals surface area contributed by atoms with Gasteiger partial charge in [-0.3, -0.25) is 4.52 Å². The molecule has 15 heteroatoms. The van der Waals surface area contributed by atoms with Crippen LogP contribution in [0.2, 0.25) is 0 Å². The van der Waals surface area contributed by atoms with Crippen LogP contribution in [0.3, 0.4) is 0 Å². The van der Waals surface area contributed by atoms with Crippen LogP contribution in [0.4, 0.5) is 5.82 Å². The maximum Gasteiger partial charge on any atom is 0.395 e. The van der Waals surface area contributed by atoms with Crippen LogP contribution in [0.1, 0.15) is 26.5 Å². The topological polar surface area (TPSA) is 210 Å². The summed E-state index contributed by atoms with van der Waals surface area (Å²) in [4.78, 5) is 28.3. The van der Waals surface area contributed by atoms with Gasteiger partial charge >= 0.3 is 14.1 Å². The lowest BCUT2D eigenvalue weighted by atomic mass is 9.92. The highest BCUT2D eigenvalue weighted by Crippen LogP contribution is 2.41. The van der Waals surface area contributed by atoms with Crippen LogP contribution in [0.25, 0.3) is 5.52 Å². The lowest BCUT2D eigenvalue weighted by molar-refractivity contribution is -0.170. The van der Waals surface area contributed by atoms with Crippen molar-refractivity contribution in [3.05, 3.63) is 48.4 Å². The van der Waals surface area contributed by atoms with Gasteiger partial charge in [0.2, 0.25) is 11.4 Å². The van der Waals surface area contributed by atoms with Gasteiger partial charge in [0, 0.05) is 0 Å². The fourth-order valence-corrected chi connectivity index (χ4v) is 4.74. The van der Waals surface area contributed by atoms with Crippen LogP contribution in [0.5, 0.6) is 11.5 Å². The molecule has 0 saturated carbocycles. The van der Waals surface area contributed by atoms with Crippen LogP contribution in [-0.4, -0.2) is 67.8 Å². The quantitative estimate of drug-likeness (QED) is 0.246. The van der Waals surface area contributed by atoms with E-state index in [1.165, 1.54) is 36.0 Å². The summed E-state index contributed by atoms with van der Waals surface area (Å²) < 4.78 is 27.2. The second kappa shape index (κ2) is 11.5. The minimum atomic E-state index is -2.66. The number of aromatic nitrogens is 3. The van der Waals surface area contributed by atoms with Gasteiger partial charge in [-0.05, 0) is 45.0 Å². The van der Waals surface area contributed by atoms with Gasteiger partial charge in [0.1, 0.15) is 42.8 Å². The molecule has 206 valence electrons. The standard InChI is InChI=1S/C24H27N6O8P/c1-13(2)36-23(33)14(3)29-39(34)38-17-7-5-4-6-16(17)35-10-18-20(31)21(32)24(11-25,37-18)19-9-8-15-22(26)27-12-28-30(15)19/h4-9,12-14,18,20-21,31-32H,10H2,1-3H3,(H2,26,27,28)/t14-,18+,20-,21+,24-/m0/s1. The Morgan fingerprint density at radius 1 is 1.31 bits per heavy atom. The van der Waals surface area contributed by atoms with Gasteiger partial charge in [-0.15, -0.1) is 0 Å². The molecule has 0 amide bonds. The molecule has 1 unspecified atom stereocenters. The number of carbonyl (C=O) groups is 1. The Labute approximate surface area is 224 Å². The van der Waals surface area contributed by atoms with Crippen LogP contribution in [-0.2, 0) is 19.9 Å². The van der Waals surface area contributed by atoms with Crippen molar-refractivity contribution in [2.24, 2.45) is 4.74 Å². The van der Waals surface area contributed by atoms with E-state index in [0.29, 0.717) is 5.52 Å². The van der Waals surface area contributed by atoms with E-state index in [4.69, 9.17) is 24.5 Å². The second-order valence-corrected chi connectivity index (χ2v) is 9.85. The van der Waals surface area contributed by atoms with Crippen LogP contribution >= 0.6 is 8.17 Å². The molecule has 1 aliphatic rings. The average Bonchev–Trinajstić information content (AvgIpc) is 3.44. The summed E-state index contributed by atoms with van der Waals surface area (Å²) in [7, 11) is -2.66. The van der Waals surface area contributed by atoms with E-state index < -0.39 is 44.1 Å². The largest absolute Gasteiger partial charge is 0.575 e. The predicted octanol–water partition coefficient (Wildman–Crippen LogP) is 0.805. The first-order valence-corrected chi connectivity index (χ1v) is 13.0. The number of aliphatic hydroxyl groups is 2. The number of benzene rings is 1. The molecule has 2 aromatic heterocycles. The molecule has 1 saturated heterocycles.